The molecule has 1 N–H and O–H groups in total. The number of hydrogen-bond acceptors (Lipinski definition) is 4. The SMILES string of the molecule is Cn1nc(Br)c2c(NC(c3ccc(F)cc3)C3CCC3)ncnc21. The Bertz CT molecular complexity index is 873. The predicted octanol–water partition coefficient (Wildman–Crippen LogP) is 4.22. The van der Waals surface area contributed by atoms with Crippen LogP contribution in [-0.4, -0.2) is 19.7 Å². The predicted molar refractivity (Wildman–Crippen MR) is 94.1 cm³/mol. The molecule has 1 atom stereocenters. The Hall–Kier alpha value is -2.02. The number of hydrogen-bond donors (Lipinski definition) is 1. The van der Waals surface area contributed by atoms with Gasteiger partial charge in [0.25, 0.3) is 0 Å². The second-order valence-electron chi connectivity index (χ2n) is 6.20. The van der Waals surface area contributed by atoms with Crippen LogP contribution in [0.3, 0.4) is 0 Å². The van der Waals surface area contributed by atoms with Crippen molar-refractivity contribution in [2.75, 3.05) is 5.32 Å². The second-order valence-corrected chi connectivity index (χ2v) is 6.95. The highest BCUT2D eigenvalue weighted by Gasteiger charge is 2.29. The number of nitrogens with zero attached hydrogens (tertiary/aromatic N) is 4. The van der Waals surface area contributed by atoms with Crippen LogP contribution in [0.25, 0.3) is 11.0 Å². The van der Waals surface area contributed by atoms with Gasteiger partial charge in [0, 0.05) is 7.05 Å². The summed E-state index contributed by atoms with van der Waals surface area (Å²) >= 11 is 3.49. The Labute approximate surface area is 147 Å². The van der Waals surface area contributed by atoms with E-state index in [1.807, 2.05) is 19.2 Å². The molecule has 0 saturated heterocycles. The molecule has 1 unspecified atom stereocenters. The van der Waals surface area contributed by atoms with Gasteiger partial charge in [0.1, 0.15) is 22.6 Å². The van der Waals surface area contributed by atoms with E-state index < -0.39 is 0 Å². The van der Waals surface area contributed by atoms with Crippen LogP contribution in [0.2, 0.25) is 0 Å². The third kappa shape index (κ3) is 2.66. The number of anilines is 1. The molecule has 124 valence electrons. The Morgan fingerprint density at radius 1 is 1.25 bits per heavy atom. The average Bonchev–Trinajstić information content (AvgIpc) is 2.81. The first kappa shape index (κ1) is 15.5. The summed E-state index contributed by atoms with van der Waals surface area (Å²) in [4.78, 5) is 8.73. The minimum absolute atomic E-state index is 0.101. The van der Waals surface area contributed by atoms with Crippen LogP contribution in [0.4, 0.5) is 10.2 Å². The van der Waals surface area contributed by atoms with Crippen LogP contribution >= 0.6 is 15.9 Å². The van der Waals surface area contributed by atoms with Crippen LogP contribution in [0, 0.1) is 11.7 Å². The number of rotatable bonds is 4. The number of aromatic nitrogens is 4. The first-order chi connectivity index (χ1) is 11.6. The van der Waals surface area contributed by atoms with E-state index in [9.17, 15) is 4.39 Å². The molecule has 3 aromatic rings. The lowest BCUT2D eigenvalue weighted by Crippen LogP contribution is -2.26. The van der Waals surface area contributed by atoms with Crippen LogP contribution in [0.1, 0.15) is 30.9 Å². The van der Waals surface area contributed by atoms with Gasteiger partial charge in [-0.2, -0.15) is 5.10 Å². The lowest BCUT2D eigenvalue weighted by Gasteiger charge is -2.35. The third-order valence-corrected chi connectivity index (χ3v) is 5.28. The molecule has 4 rings (SSSR count). The van der Waals surface area contributed by atoms with Gasteiger partial charge in [0.15, 0.2) is 5.65 Å². The highest BCUT2D eigenvalue weighted by Crippen LogP contribution is 2.40. The molecule has 1 saturated carbocycles. The monoisotopic (exact) mass is 389 g/mol. The normalized spacial score (nSPS) is 16.1. The van der Waals surface area contributed by atoms with Crippen molar-refractivity contribution in [1.29, 1.82) is 0 Å². The average molecular weight is 390 g/mol. The van der Waals surface area contributed by atoms with Crippen LogP contribution in [0.5, 0.6) is 0 Å². The first-order valence-corrected chi connectivity index (χ1v) is 8.78. The molecular formula is C17H17BrFN5. The van der Waals surface area contributed by atoms with Crippen molar-refractivity contribution < 1.29 is 4.39 Å². The van der Waals surface area contributed by atoms with E-state index in [0.29, 0.717) is 5.92 Å². The molecule has 0 amide bonds. The van der Waals surface area contributed by atoms with Gasteiger partial charge in [-0.3, -0.25) is 0 Å². The van der Waals surface area contributed by atoms with Gasteiger partial charge in [-0.1, -0.05) is 18.6 Å². The van der Waals surface area contributed by atoms with Crippen molar-refractivity contribution >= 4 is 32.8 Å². The molecular weight excluding hydrogens is 373 g/mol. The Kier molecular flexibility index (Phi) is 3.96. The maximum absolute atomic E-state index is 13.3. The molecule has 2 aromatic heterocycles. The molecule has 0 radical (unpaired) electrons. The molecule has 0 spiro atoms. The maximum Gasteiger partial charge on any atom is 0.164 e. The summed E-state index contributed by atoms with van der Waals surface area (Å²) in [5.41, 5.74) is 1.85. The number of fused-ring (bicyclic) bond motifs is 1. The quantitative estimate of drug-likeness (QED) is 0.725. The summed E-state index contributed by atoms with van der Waals surface area (Å²) in [6.07, 6.45) is 5.11. The molecule has 2 heterocycles. The zero-order valence-corrected chi connectivity index (χ0v) is 14.8. The van der Waals surface area contributed by atoms with Crippen molar-refractivity contribution in [1.82, 2.24) is 19.7 Å². The van der Waals surface area contributed by atoms with Crippen LogP contribution in [0.15, 0.2) is 35.2 Å². The fraction of sp³-hybridized carbons (Fsp3) is 0.353. The lowest BCUT2D eigenvalue weighted by molar-refractivity contribution is 0.277. The zero-order valence-electron chi connectivity index (χ0n) is 13.2. The summed E-state index contributed by atoms with van der Waals surface area (Å²) < 4.78 is 15.7. The van der Waals surface area contributed by atoms with E-state index in [4.69, 9.17) is 0 Å². The molecule has 1 aliphatic carbocycles. The van der Waals surface area contributed by atoms with E-state index in [1.54, 1.807) is 11.0 Å². The largest absolute Gasteiger partial charge is 0.362 e. The molecule has 5 nitrogen and oxygen atoms in total. The van der Waals surface area contributed by atoms with Crippen LogP contribution < -0.4 is 5.32 Å². The summed E-state index contributed by atoms with van der Waals surface area (Å²) in [5.74, 6) is 1.06. The highest BCUT2D eigenvalue weighted by molar-refractivity contribution is 9.10. The molecule has 1 fully saturated rings. The lowest BCUT2D eigenvalue weighted by atomic mass is 9.77. The van der Waals surface area contributed by atoms with E-state index in [0.717, 1.165) is 39.9 Å². The summed E-state index contributed by atoms with van der Waals surface area (Å²) in [7, 11) is 1.85. The fourth-order valence-electron chi connectivity index (χ4n) is 3.21. The highest BCUT2D eigenvalue weighted by atomic mass is 79.9. The Morgan fingerprint density at radius 3 is 2.67 bits per heavy atom. The Morgan fingerprint density at radius 2 is 2.00 bits per heavy atom. The van der Waals surface area contributed by atoms with Crippen LogP contribution in [-0.2, 0) is 7.05 Å². The summed E-state index contributed by atoms with van der Waals surface area (Å²) in [6, 6.07) is 6.82. The standard InChI is InChI=1S/C17H17BrFN5/c1-24-17-13(15(18)23-24)16(20-9-21-17)22-14(10-3-2-4-10)11-5-7-12(19)8-6-11/h5-10,14H,2-4H2,1H3,(H,20,21,22). The van der Waals surface area contributed by atoms with Crippen molar-refractivity contribution in [2.24, 2.45) is 13.0 Å². The number of aryl methyl sites for hydroxylation is 1. The van der Waals surface area contributed by atoms with Crippen molar-refractivity contribution in [2.45, 2.75) is 25.3 Å². The minimum Gasteiger partial charge on any atom is -0.362 e. The topological polar surface area (TPSA) is 55.6 Å². The number of benzene rings is 1. The molecule has 0 aliphatic heterocycles. The molecule has 1 aromatic carbocycles. The van der Waals surface area contributed by atoms with E-state index in [-0.39, 0.29) is 11.9 Å². The van der Waals surface area contributed by atoms with Crippen molar-refractivity contribution in [3.8, 4) is 0 Å². The molecule has 1 aliphatic rings. The number of halogens is 2. The van der Waals surface area contributed by atoms with Gasteiger partial charge >= 0.3 is 0 Å². The van der Waals surface area contributed by atoms with Gasteiger partial charge in [0.05, 0.1) is 11.4 Å². The number of nitrogens with one attached hydrogen (secondary N) is 1. The van der Waals surface area contributed by atoms with E-state index >= 15 is 0 Å². The Balaban J connectivity index is 1.74. The van der Waals surface area contributed by atoms with Crippen molar-refractivity contribution in [3.05, 3.63) is 46.6 Å². The van der Waals surface area contributed by atoms with E-state index in [2.05, 4.69) is 36.3 Å². The smallest absolute Gasteiger partial charge is 0.164 e. The van der Waals surface area contributed by atoms with Gasteiger partial charge in [-0.25, -0.2) is 19.0 Å². The van der Waals surface area contributed by atoms with Gasteiger partial charge < -0.3 is 5.32 Å². The maximum atomic E-state index is 13.3. The molecule has 7 heteroatoms. The van der Waals surface area contributed by atoms with Gasteiger partial charge in [-0.05, 0) is 52.4 Å². The summed E-state index contributed by atoms with van der Waals surface area (Å²) in [6.45, 7) is 0. The van der Waals surface area contributed by atoms with E-state index in [1.165, 1.54) is 18.6 Å². The van der Waals surface area contributed by atoms with Gasteiger partial charge in [-0.15, -0.1) is 0 Å². The minimum atomic E-state index is -0.217. The van der Waals surface area contributed by atoms with Gasteiger partial charge in [0.2, 0.25) is 0 Å². The fourth-order valence-corrected chi connectivity index (χ4v) is 3.82. The second kappa shape index (κ2) is 6.12. The van der Waals surface area contributed by atoms with Crippen molar-refractivity contribution in [3.63, 3.8) is 0 Å². The molecule has 24 heavy (non-hydrogen) atoms. The first-order valence-electron chi connectivity index (χ1n) is 7.98. The zero-order chi connectivity index (χ0) is 16.7. The third-order valence-electron chi connectivity index (χ3n) is 4.72. The molecule has 0 bridgehead atoms. The summed E-state index contributed by atoms with van der Waals surface area (Å²) in [5, 5.41) is 8.79.